The van der Waals surface area contributed by atoms with Crippen LogP contribution < -0.4 is 32.7 Å². The predicted molar refractivity (Wildman–Crippen MR) is 356 cm³/mol. The molecule has 3 aromatic carbocycles. The van der Waals surface area contributed by atoms with E-state index in [1.165, 1.54) is 108 Å². The molecule has 0 radical (unpaired) electrons. The first kappa shape index (κ1) is 70.1. The Bertz CT molecular complexity index is 3860. The zero-order chi connectivity index (χ0) is 67.9. The number of fused-ring (bicyclic) bond motifs is 3. The Morgan fingerprint density at radius 3 is 1.27 bits per heavy atom. The van der Waals surface area contributed by atoms with Crippen molar-refractivity contribution >= 4 is 91.9 Å². The maximum atomic E-state index is 15.4. The van der Waals surface area contributed by atoms with Crippen molar-refractivity contribution < 1.29 is 56.0 Å². The highest BCUT2D eigenvalue weighted by Crippen LogP contribution is 2.55. The number of nitriles is 2. The van der Waals surface area contributed by atoms with Crippen LogP contribution in [0, 0.1) is 57.9 Å². The van der Waals surface area contributed by atoms with Crippen LogP contribution in [-0.2, 0) is 40.3 Å². The van der Waals surface area contributed by atoms with Gasteiger partial charge < -0.3 is 45.8 Å². The van der Waals surface area contributed by atoms with Crippen LogP contribution in [0.4, 0.5) is 39.8 Å². The van der Waals surface area contributed by atoms with Crippen molar-refractivity contribution in [3.63, 3.8) is 0 Å². The number of rotatable bonds is 10. The molecule has 4 amide bonds. The summed E-state index contributed by atoms with van der Waals surface area (Å²) in [7, 11) is 4.92. The monoisotopic (exact) mass is 1350 g/mol. The number of nitrogens with zero attached hydrogens (tertiary/aromatic N) is 7. The van der Waals surface area contributed by atoms with Crippen LogP contribution in [0.15, 0.2) is 106 Å². The van der Waals surface area contributed by atoms with Gasteiger partial charge in [0.05, 0.1) is 46.1 Å². The molecule has 5 aromatic rings. The molecule has 0 bridgehead atoms. The Balaban J connectivity index is 0.000000168. The Morgan fingerprint density at radius 1 is 0.532 bits per heavy atom. The molecule has 3 fully saturated rings. The molecule has 0 saturated heterocycles. The second-order valence-corrected chi connectivity index (χ2v) is 28.4. The molecule has 28 heteroatoms. The van der Waals surface area contributed by atoms with Crippen molar-refractivity contribution in [2.75, 3.05) is 55.0 Å². The first-order valence-corrected chi connectivity index (χ1v) is 33.1. The van der Waals surface area contributed by atoms with Crippen LogP contribution in [0.3, 0.4) is 0 Å². The number of nitrogens with two attached hydrogens (primary N) is 2. The molecule has 3 aliphatic heterocycles. The Hall–Kier alpha value is -8.25. The lowest BCUT2D eigenvalue weighted by atomic mass is 9.81. The van der Waals surface area contributed by atoms with Gasteiger partial charge in [0, 0.05) is 122 Å². The number of amides is 4. The highest BCUT2D eigenvalue weighted by molar-refractivity contribution is 8.14. The highest BCUT2D eigenvalue weighted by atomic mass is 32.2. The van der Waals surface area contributed by atoms with E-state index in [1.807, 2.05) is 12.1 Å². The summed E-state index contributed by atoms with van der Waals surface area (Å²) in [4.78, 5) is 72.2. The molecular weight excluding hydrogens is 1270 g/mol. The molecule has 8 N–H and O–H groups in total. The minimum absolute atomic E-state index is 0.0268. The lowest BCUT2D eigenvalue weighted by molar-refractivity contribution is 0.0552. The number of nitrogens with one attached hydrogen (secondary N) is 4. The van der Waals surface area contributed by atoms with Gasteiger partial charge in [-0.2, -0.15) is 10.5 Å². The number of ether oxygens (including phenoxy) is 5. The number of methoxy groups -OCH3 is 3. The van der Waals surface area contributed by atoms with Gasteiger partial charge in [0.25, 0.3) is 11.8 Å². The minimum atomic E-state index is -0.992. The Morgan fingerprint density at radius 2 is 0.904 bits per heavy atom. The van der Waals surface area contributed by atoms with Gasteiger partial charge in [0.1, 0.15) is 52.2 Å². The summed E-state index contributed by atoms with van der Waals surface area (Å²) in [5.74, 6) is 0.00168. The molecule has 0 unspecified atom stereocenters. The van der Waals surface area contributed by atoms with Gasteiger partial charge in [-0.25, -0.2) is 32.7 Å². The summed E-state index contributed by atoms with van der Waals surface area (Å²) in [5.41, 5.74) is 11.5. The highest BCUT2D eigenvalue weighted by Gasteiger charge is 2.55. The lowest BCUT2D eigenvalue weighted by Crippen LogP contribution is -2.42. The largest absolute Gasteiger partial charge is 0.444 e. The van der Waals surface area contributed by atoms with E-state index in [0.29, 0.717) is 97.6 Å². The van der Waals surface area contributed by atoms with E-state index in [0.717, 1.165) is 18.6 Å². The van der Waals surface area contributed by atoms with E-state index < -0.39 is 63.5 Å². The standard InChI is InChI=1S/C26H28FN5O4S.C21H20FN5O2S.C19H26FN3O3S/c1-25(2,3)36-24(34)31-23-32-26(11-18(35-4)9-16(26)14-37-23)19-10-17(6-7-20(19)27)30-22(33)21-8-5-15(12-28)13-29-21;1-29-15-6-13-11-30-20(24)27-21(13,8-15)16-7-14(3-4-17(16)22)26-19(28)18-5-2-12(9-23)10-25-18;1-18(2,3)26-17(24)22-16-23-19(14-8-12(21)5-6-15(14)20)9-13(25-4)7-11(19)10-27-16/h5-8,10,13,16,18H,9,11,14H2,1-4H3,(H,30,33)(H,31,32,34);2-5,7,10,13,15H,6,8,11H2,1H3,(H2,24,27)(H,26,28);5-6,8,11,13H,7,9-10,21H2,1-4H3,(H,22,23,24)/t16-,18-,26-;13-,15-,21-;11-,13-,19-/m000/s1. The quantitative estimate of drug-likeness (QED) is 0.0708. The maximum Gasteiger partial charge on any atom is 0.413 e. The van der Waals surface area contributed by atoms with Crippen LogP contribution >= 0.6 is 35.3 Å². The average molecular weight is 1350 g/mol. The van der Waals surface area contributed by atoms with Crippen molar-refractivity contribution in [3.8, 4) is 12.1 Å². The first-order chi connectivity index (χ1) is 44.6. The van der Waals surface area contributed by atoms with Crippen molar-refractivity contribution in [2.45, 2.75) is 126 Å². The number of thioether (sulfide) groups is 3. The number of benzene rings is 3. The number of aromatic nitrogens is 2. The molecule has 496 valence electrons. The van der Waals surface area contributed by atoms with E-state index >= 15 is 4.39 Å². The SMILES string of the molecule is CO[C@H]1C[C@H]2CSC(N)=N[C@@]2(c2cc(NC(=O)c3ccc(C#N)cn3)ccc2F)C1.CO[C@H]1C[C@H]2CSC(NC(=O)OC(C)(C)C)=N[C@@]2(c2cc(N)ccc2F)C1.CO[C@H]1C[C@H]2CSC(NC(=O)OC(C)(C)C)=N[C@@]2(c2cc(NC(=O)c3ccc(C#N)cn3)ccc2F)C1. The molecule has 6 aliphatic rings. The van der Waals surface area contributed by atoms with Crippen LogP contribution in [0.25, 0.3) is 0 Å². The molecule has 22 nitrogen and oxygen atoms in total. The predicted octanol–water partition coefficient (Wildman–Crippen LogP) is 11.3. The van der Waals surface area contributed by atoms with E-state index in [-0.39, 0.29) is 53.3 Å². The van der Waals surface area contributed by atoms with Crippen molar-refractivity contribution in [3.05, 3.63) is 148 Å². The summed E-state index contributed by atoms with van der Waals surface area (Å²) in [6.45, 7) is 10.7. The van der Waals surface area contributed by atoms with Crippen molar-refractivity contribution in [1.82, 2.24) is 20.6 Å². The Kier molecular flexibility index (Phi) is 21.7. The summed E-state index contributed by atoms with van der Waals surface area (Å²) in [6, 6.07) is 23.2. The fourth-order valence-electron chi connectivity index (χ4n) is 12.5. The number of anilines is 3. The van der Waals surface area contributed by atoms with Gasteiger partial charge in [0.2, 0.25) is 0 Å². The molecule has 3 aliphatic carbocycles. The number of halogens is 3. The second-order valence-electron chi connectivity index (χ2n) is 25.4. The number of alkyl carbamates (subject to hydrolysis) is 2. The van der Waals surface area contributed by atoms with E-state index in [4.69, 9.17) is 55.7 Å². The van der Waals surface area contributed by atoms with Gasteiger partial charge in [0.15, 0.2) is 15.5 Å². The van der Waals surface area contributed by atoms with E-state index in [9.17, 15) is 28.0 Å². The van der Waals surface area contributed by atoms with Gasteiger partial charge in [-0.1, -0.05) is 35.3 Å². The number of hydrogen-bond donors (Lipinski definition) is 6. The minimum Gasteiger partial charge on any atom is -0.444 e. The van der Waals surface area contributed by atoms with Gasteiger partial charge in [-0.15, -0.1) is 0 Å². The number of pyridine rings is 2. The van der Waals surface area contributed by atoms with Crippen LogP contribution in [-0.4, -0.2) is 118 Å². The molecule has 2 aromatic heterocycles. The van der Waals surface area contributed by atoms with Crippen LogP contribution in [0.5, 0.6) is 0 Å². The maximum absolute atomic E-state index is 15.4. The second kappa shape index (κ2) is 29.2. The third kappa shape index (κ3) is 16.3. The van der Waals surface area contributed by atoms with Gasteiger partial charge in [-0.3, -0.25) is 35.2 Å². The normalized spacial score (nSPS) is 25.0. The van der Waals surface area contributed by atoms with Crippen molar-refractivity contribution in [1.29, 1.82) is 10.5 Å². The summed E-state index contributed by atoms with van der Waals surface area (Å²) < 4.78 is 72.5. The summed E-state index contributed by atoms with van der Waals surface area (Å²) >= 11 is 4.29. The molecule has 94 heavy (non-hydrogen) atoms. The average Bonchev–Trinajstić information content (AvgIpc) is 1.55. The third-order valence-corrected chi connectivity index (χ3v) is 19.8. The Labute approximate surface area is 555 Å². The molecule has 11 rings (SSSR count). The lowest BCUT2D eigenvalue weighted by Gasteiger charge is -2.36. The molecular formula is C66H74F3N13O9S3. The first-order valence-electron chi connectivity index (χ1n) is 30.1. The number of nitrogen functional groups attached to an aromatic ring is 1. The number of aliphatic imine (C=N–C) groups is 3. The van der Waals surface area contributed by atoms with E-state index in [1.54, 1.807) is 81.1 Å². The molecule has 0 spiro atoms. The fraction of sp³-hybridized carbons (Fsp3) is 0.439. The molecule has 5 heterocycles. The number of carbonyl (C=O) groups excluding carboxylic acids is 4. The number of amidine groups is 3. The topological polar surface area (TPSA) is 325 Å². The van der Waals surface area contributed by atoms with Crippen LogP contribution in [0.1, 0.15) is 129 Å². The zero-order valence-corrected chi connectivity index (χ0v) is 55.8. The third-order valence-electron chi connectivity index (χ3n) is 16.8. The van der Waals surface area contributed by atoms with Crippen LogP contribution in [0.2, 0.25) is 0 Å². The van der Waals surface area contributed by atoms with E-state index in [2.05, 4.69) is 36.2 Å². The van der Waals surface area contributed by atoms with Crippen molar-refractivity contribution in [2.24, 2.45) is 38.5 Å². The van der Waals surface area contributed by atoms with Gasteiger partial charge in [-0.05, 0) is 140 Å². The molecule has 9 atom stereocenters. The smallest absolute Gasteiger partial charge is 0.413 e. The fourth-order valence-corrected chi connectivity index (χ4v) is 15.8. The number of carbonyl (C=O) groups is 4. The summed E-state index contributed by atoms with van der Waals surface area (Å²) in [5, 5.41) is 29.9. The number of hydrogen-bond acceptors (Lipinski definition) is 21. The zero-order valence-electron chi connectivity index (χ0n) is 53.3. The van der Waals surface area contributed by atoms with Gasteiger partial charge >= 0.3 is 12.2 Å². The summed E-state index contributed by atoms with van der Waals surface area (Å²) in [6.07, 6.45) is 4.93. The molecule has 3 saturated carbocycles.